The van der Waals surface area contributed by atoms with Gasteiger partial charge in [-0.3, -0.25) is 9.59 Å². The van der Waals surface area contributed by atoms with E-state index >= 15 is 0 Å². The molecule has 2 amide bonds. The highest BCUT2D eigenvalue weighted by atomic mass is 16.5. The predicted molar refractivity (Wildman–Crippen MR) is 118 cm³/mol. The Morgan fingerprint density at radius 2 is 1.87 bits per heavy atom. The number of amides is 2. The molecular formula is C23H28N4O3. The minimum Gasteiger partial charge on any atom is -0.482 e. The zero-order valence-corrected chi connectivity index (χ0v) is 17.6. The highest BCUT2D eigenvalue weighted by Crippen LogP contribution is 2.31. The predicted octanol–water partition coefficient (Wildman–Crippen LogP) is 2.50. The third-order valence-electron chi connectivity index (χ3n) is 5.72. The van der Waals surface area contributed by atoms with Gasteiger partial charge in [0, 0.05) is 50.5 Å². The number of hydrogen-bond acceptors (Lipinski definition) is 5. The molecule has 4 rings (SSSR count). The van der Waals surface area contributed by atoms with Crippen LogP contribution < -0.4 is 19.9 Å². The largest absolute Gasteiger partial charge is 0.482 e. The first-order chi connectivity index (χ1) is 14.5. The second-order valence-corrected chi connectivity index (χ2v) is 7.89. The van der Waals surface area contributed by atoms with Gasteiger partial charge in [0.25, 0.3) is 5.91 Å². The van der Waals surface area contributed by atoms with Crippen molar-refractivity contribution in [3.63, 3.8) is 0 Å². The highest BCUT2D eigenvalue weighted by molar-refractivity contribution is 5.99. The Bertz CT molecular complexity index is 938. The maximum atomic E-state index is 12.6. The number of para-hydroxylation sites is 2. The van der Waals surface area contributed by atoms with Gasteiger partial charge in [0.15, 0.2) is 6.61 Å². The van der Waals surface area contributed by atoms with Crippen molar-refractivity contribution >= 4 is 28.9 Å². The summed E-state index contributed by atoms with van der Waals surface area (Å²) < 4.78 is 5.45. The molecule has 1 saturated heterocycles. The van der Waals surface area contributed by atoms with E-state index in [4.69, 9.17) is 4.74 Å². The Morgan fingerprint density at radius 1 is 1.10 bits per heavy atom. The van der Waals surface area contributed by atoms with Crippen molar-refractivity contribution in [1.82, 2.24) is 4.90 Å². The number of nitrogens with one attached hydrogen (secondary N) is 1. The summed E-state index contributed by atoms with van der Waals surface area (Å²) in [7, 11) is 2.14. The van der Waals surface area contributed by atoms with Gasteiger partial charge in [-0.25, -0.2) is 0 Å². The summed E-state index contributed by atoms with van der Waals surface area (Å²) in [5.41, 5.74) is 3.75. The lowest BCUT2D eigenvalue weighted by atomic mass is 10.1. The van der Waals surface area contributed by atoms with Crippen LogP contribution in [0.2, 0.25) is 0 Å². The first kappa shape index (κ1) is 20.2. The van der Waals surface area contributed by atoms with E-state index < -0.39 is 0 Å². The van der Waals surface area contributed by atoms with Crippen LogP contribution in [0.25, 0.3) is 0 Å². The van der Waals surface area contributed by atoms with Crippen molar-refractivity contribution in [3.05, 3.63) is 48.0 Å². The molecule has 2 aliphatic rings. The number of piperazine rings is 1. The first-order valence-corrected chi connectivity index (χ1v) is 10.4. The summed E-state index contributed by atoms with van der Waals surface area (Å²) in [6, 6.07) is 13.6. The van der Waals surface area contributed by atoms with Crippen molar-refractivity contribution in [2.24, 2.45) is 0 Å². The van der Waals surface area contributed by atoms with Crippen molar-refractivity contribution in [2.75, 3.05) is 61.5 Å². The number of likely N-dealkylation sites (N-methyl/N-ethyl adjacent to an activating group) is 1. The number of rotatable bonds is 5. The molecule has 2 heterocycles. The number of carbonyl (C=O) groups excluding carboxylic acids is 2. The van der Waals surface area contributed by atoms with Gasteiger partial charge in [-0.2, -0.15) is 0 Å². The Kier molecular flexibility index (Phi) is 5.90. The Hall–Kier alpha value is -3.06. The minimum absolute atomic E-state index is 0.00545. The number of aryl methyl sites for hydroxylation is 1. The molecule has 2 aromatic rings. The molecule has 0 saturated carbocycles. The standard InChI is InChI=1S/C23H28N4O3/c1-17-15-18(26-13-11-25(2)12-14-26)7-8-19(17)24-22(28)9-10-27-20-5-3-4-6-21(20)30-16-23(27)29/h3-8,15H,9-14,16H2,1-2H3,(H,24,28). The van der Waals surface area contributed by atoms with Crippen LogP contribution in [-0.4, -0.2) is 63.1 Å². The second-order valence-electron chi connectivity index (χ2n) is 7.89. The van der Waals surface area contributed by atoms with E-state index in [1.54, 1.807) is 4.90 Å². The lowest BCUT2D eigenvalue weighted by molar-refractivity contribution is -0.121. The number of benzene rings is 2. The first-order valence-electron chi connectivity index (χ1n) is 10.4. The molecule has 2 aliphatic heterocycles. The quantitative estimate of drug-likeness (QED) is 0.824. The molecular weight excluding hydrogens is 380 g/mol. The van der Waals surface area contributed by atoms with Gasteiger partial charge in [0.2, 0.25) is 5.91 Å². The van der Waals surface area contributed by atoms with Crippen molar-refractivity contribution in [1.29, 1.82) is 0 Å². The monoisotopic (exact) mass is 408 g/mol. The van der Waals surface area contributed by atoms with Crippen molar-refractivity contribution in [2.45, 2.75) is 13.3 Å². The maximum absolute atomic E-state index is 12.6. The van der Waals surface area contributed by atoms with Gasteiger partial charge in [-0.15, -0.1) is 0 Å². The van der Waals surface area contributed by atoms with Gasteiger partial charge in [0.1, 0.15) is 5.75 Å². The smallest absolute Gasteiger partial charge is 0.265 e. The average molecular weight is 409 g/mol. The van der Waals surface area contributed by atoms with Gasteiger partial charge in [0.05, 0.1) is 5.69 Å². The summed E-state index contributed by atoms with van der Waals surface area (Å²) in [4.78, 5) is 31.1. The lowest BCUT2D eigenvalue weighted by Crippen LogP contribution is -2.44. The lowest BCUT2D eigenvalue weighted by Gasteiger charge is -2.34. The number of fused-ring (bicyclic) bond motifs is 1. The van der Waals surface area contributed by atoms with Crippen LogP contribution in [0, 0.1) is 6.92 Å². The van der Waals surface area contributed by atoms with Crippen LogP contribution >= 0.6 is 0 Å². The molecule has 30 heavy (non-hydrogen) atoms. The topological polar surface area (TPSA) is 65.1 Å². The summed E-state index contributed by atoms with van der Waals surface area (Å²) in [5, 5.41) is 2.99. The summed E-state index contributed by atoms with van der Waals surface area (Å²) in [6.45, 7) is 6.47. The molecule has 2 aromatic carbocycles. The fraction of sp³-hybridized carbons (Fsp3) is 0.391. The Morgan fingerprint density at radius 3 is 2.63 bits per heavy atom. The highest BCUT2D eigenvalue weighted by Gasteiger charge is 2.25. The third-order valence-corrected chi connectivity index (χ3v) is 5.72. The number of carbonyl (C=O) groups is 2. The molecule has 7 heteroatoms. The molecule has 158 valence electrons. The normalized spacial score (nSPS) is 16.8. The number of hydrogen-bond donors (Lipinski definition) is 1. The van der Waals surface area contributed by atoms with Crippen LogP contribution in [0.4, 0.5) is 17.1 Å². The summed E-state index contributed by atoms with van der Waals surface area (Å²) in [6.07, 6.45) is 0.222. The number of anilines is 3. The van der Waals surface area contributed by atoms with E-state index in [0.29, 0.717) is 18.0 Å². The van der Waals surface area contributed by atoms with E-state index in [1.165, 1.54) is 5.69 Å². The molecule has 0 unspecified atom stereocenters. The third kappa shape index (κ3) is 4.41. The molecule has 0 aromatic heterocycles. The van der Waals surface area contributed by atoms with E-state index in [9.17, 15) is 9.59 Å². The zero-order chi connectivity index (χ0) is 21.1. The number of ether oxygens (including phenoxy) is 1. The molecule has 0 aliphatic carbocycles. The zero-order valence-electron chi connectivity index (χ0n) is 17.6. The van der Waals surface area contributed by atoms with Crippen molar-refractivity contribution in [3.8, 4) is 5.75 Å². The molecule has 0 bridgehead atoms. The SMILES string of the molecule is Cc1cc(N2CCN(C)CC2)ccc1NC(=O)CCN1C(=O)COc2ccccc21. The van der Waals surface area contributed by atoms with Gasteiger partial charge in [-0.05, 0) is 49.9 Å². The summed E-state index contributed by atoms with van der Waals surface area (Å²) in [5.74, 6) is 0.435. The van der Waals surface area contributed by atoms with Crippen LogP contribution in [-0.2, 0) is 9.59 Å². The average Bonchev–Trinajstić information content (AvgIpc) is 2.75. The molecule has 1 fully saturated rings. The van der Waals surface area contributed by atoms with Crippen LogP contribution in [0.1, 0.15) is 12.0 Å². The molecule has 0 radical (unpaired) electrons. The fourth-order valence-electron chi connectivity index (χ4n) is 3.87. The second kappa shape index (κ2) is 8.75. The van der Waals surface area contributed by atoms with Crippen molar-refractivity contribution < 1.29 is 14.3 Å². The van der Waals surface area contributed by atoms with E-state index in [1.807, 2.05) is 37.3 Å². The number of nitrogens with zero attached hydrogens (tertiary/aromatic N) is 3. The van der Waals surface area contributed by atoms with Crippen LogP contribution in [0.5, 0.6) is 5.75 Å². The van der Waals surface area contributed by atoms with Crippen LogP contribution in [0.3, 0.4) is 0 Å². The van der Waals surface area contributed by atoms with Gasteiger partial charge < -0.3 is 24.8 Å². The van der Waals surface area contributed by atoms with Gasteiger partial charge >= 0.3 is 0 Å². The molecule has 1 N–H and O–H groups in total. The Balaban J connectivity index is 1.36. The fourth-order valence-corrected chi connectivity index (χ4v) is 3.87. The summed E-state index contributed by atoms with van der Waals surface area (Å²) >= 11 is 0. The molecule has 0 spiro atoms. The van der Waals surface area contributed by atoms with E-state index in [2.05, 4.69) is 34.3 Å². The van der Waals surface area contributed by atoms with Crippen LogP contribution in [0.15, 0.2) is 42.5 Å². The maximum Gasteiger partial charge on any atom is 0.265 e. The minimum atomic E-state index is -0.130. The Labute approximate surface area is 177 Å². The molecule has 0 atom stereocenters. The van der Waals surface area contributed by atoms with Gasteiger partial charge in [-0.1, -0.05) is 12.1 Å². The molecule has 7 nitrogen and oxygen atoms in total. The van der Waals surface area contributed by atoms with E-state index in [-0.39, 0.29) is 24.8 Å². The van der Waals surface area contributed by atoms with E-state index in [0.717, 1.165) is 37.4 Å².